The molecule has 0 bridgehead atoms. The van der Waals surface area contributed by atoms with Crippen molar-refractivity contribution in [2.45, 2.75) is 30.6 Å². The molecule has 168 valence electrons. The zero-order valence-electron chi connectivity index (χ0n) is 16.9. The van der Waals surface area contributed by atoms with Gasteiger partial charge in [0.2, 0.25) is 10.0 Å². The number of fused-ring (bicyclic) bond motifs is 1. The maximum Gasteiger partial charge on any atom is 0.291 e. The third-order valence-corrected chi connectivity index (χ3v) is 7.70. The average Bonchev–Trinajstić information content (AvgIpc) is 3.05. The molecule has 1 fully saturated rings. The molecule has 2 heterocycles. The molecule has 1 amide bonds. The van der Waals surface area contributed by atoms with E-state index >= 15 is 0 Å². The van der Waals surface area contributed by atoms with Gasteiger partial charge in [-0.15, -0.1) is 0 Å². The number of nitrogens with zero attached hydrogens (tertiary/aromatic N) is 1. The molecule has 0 spiro atoms. The fraction of sp³-hybridized carbons (Fsp3) is 0.273. The summed E-state index contributed by atoms with van der Waals surface area (Å²) in [6.07, 6.45) is 3.75. The highest BCUT2D eigenvalue weighted by Gasteiger charge is 2.25. The van der Waals surface area contributed by atoms with Gasteiger partial charge in [0.25, 0.3) is 5.91 Å². The Morgan fingerprint density at radius 1 is 0.969 bits per heavy atom. The molecule has 0 unspecified atom stereocenters. The van der Waals surface area contributed by atoms with Gasteiger partial charge >= 0.3 is 0 Å². The number of hydrogen-bond donors (Lipinski definition) is 1. The summed E-state index contributed by atoms with van der Waals surface area (Å²) in [6, 6.07) is 9.78. The van der Waals surface area contributed by atoms with Crippen LogP contribution in [0.2, 0.25) is 10.0 Å². The van der Waals surface area contributed by atoms with Crippen LogP contribution >= 0.6 is 23.2 Å². The van der Waals surface area contributed by atoms with E-state index in [9.17, 15) is 18.0 Å². The van der Waals surface area contributed by atoms with Gasteiger partial charge in [-0.3, -0.25) is 9.59 Å². The van der Waals surface area contributed by atoms with Crippen LogP contribution in [0.3, 0.4) is 0 Å². The number of hydrogen-bond acceptors (Lipinski definition) is 5. The predicted molar refractivity (Wildman–Crippen MR) is 124 cm³/mol. The Hall–Kier alpha value is -2.39. The lowest BCUT2D eigenvalue weighted by atomic mass is 10.2. The Bertz CT molecular complexity index is 1330. The van der Waals surface area contributed by atoms with Crippen LogP contribution in [0.4, 0.5) is 5.69 Å². The molecule has 0 atom stereocenters. The van der Waals surface area contributed by atoms with Gasteiger partial charge < -0.3 is 9.73 Å². The molecule has 0 saturated carbocycles. The van der Waals surface area contributed by atoms with Gasteiger partial charge in [0, 0.05) is 29.9 Å². The van der Waals surface area contributed by atoms with Gasteiger partial charge in [0.1, 0.15) is 0 Å². The minimum atomic E-state index is -3.59. The number of benzene rings is 2. The van der Waals surface area contributed by atoms with Gasteiger partial charge in [0.15, 0.2) is 16.8 Å². The first-order valence-electron chi connectivity index (χ1n) is 10.1. The molecular weight excluding hydrogens is 475 g/mol. The minimum absolute atomic E-state index is 0.0626. The van der Waals surface area contributed by atoms with Crippen LogP contribution in [0, 0.1) is 0 Å². The Kier molecular flexibility index (Phi) is 6.57. The van der Waals surface area contributed by atoms with Crippen molar-refractivity contribution in [2.24, 2.45) is 0 Å². The van der Waals surface area contributed by atoms with E-state index in [0.717, 1.165) is 31.7 Å². The number of carbonyl (C=O) groups is 1. The Morgan fingerprint density at radius 3 is 2.28 bits per heavy atom. The third-order valence-electron chi connectivity index (χ3n) is 5.29. The van der Waals surface area contributed by atoms with Crippen molar-refractivity contribution in [3.05, 3.63) is 68.5 Å². The van der Waals surface area contributed by atoms with Gasteiger partial charge in [-0.1, -0.05) is 36.0 Å². The predicted octanol–water partition coefficient (Wildman–Crippen LogP) is 4.92. The van der Waals surface area contributed by atoms with E-state index in [4.69, 9.17) is 27.6 Å². The first kappa shape index (κ1) is 22.8. The summed E-state index contributed by atoms with van der Waals surface area (Å²) in [5.74, 6) is -0.897. The number of carbonyl (C=O) groups excluding carboxylic acids is 1. The highest BCUT2D eigenvalue weighted by atomic mass is 35.5. The van der Waals surface area contributed by atoms with Crippen molar-refractivity contribution < 1.29 is 17.6 Å². The normalized spacial score (nSPS) is 15.4. The Labute approximate surface area is 195 Å². The number of rotatable bonds is 4. The van der Waals surface area contributed by atoms with Crippen LogP contribution in [0.1, 0.15) is 36.2 Å². The molecule has 2 aromatic carbocycles. The summed E-state index contributed by atoms with van der Waals surface area (Å²) < 4.78 is 32.8. The number of nitrogens with one attached hydrogen (secondary N) is 1. The fourth-order valence-electron chi connectivity index (χ4n) is 3.63. The lowest BCUT2D eigenvalue weighted by molar-refractivity contribution is 0.0997. The van der Waals surface area contributed by atoms with E-state index in [1.807, 2.05) is 0 Å². The highest BCUT2D eigenvalue weighted by Crippen LogP contribution is 2.27. The van der Waals surface area contributed by atoms with Crippen LogP contribution in [-0.2, 0) is 10.0 Å². The smallest absolute Gasteiger partial charge is 0.291 e. The maximum absolute atomic E-state index is 12.9. The lowest BCUT2D eigenvalue weighted by Gasteiger charge is -2.20. The molecular formula is C22H20Cl2N2O5S. The van der Waals surface area contributed by atoms with E-state index in [1.165, 1.54) is 40.7 Å². The van der Waals surface area contributed by atoms with Gasteiger partial charge in [-0.2, -0.15) is 4.31 Å². The van der Waals surface area contributed by atoms with Crippen LogP contribution in [0.25, 0.3) is 11.0 Å². The molecule has 1 aliphatic rings. The quantitative estimate of drug-likeness (QED) is 0.555. The van der Waals surface area contributed by atoms with Crippen LogP contribution in [-0.4, -0.2) is 31.7 Å². The molecule has 7 nitrogen and oxygen atoms in total. The standard InChI is InChI=1S/C22H20Cl2N2O5S/c23-14-11-17-19(27)13-20(31-21(17)18(24)12-14)22(28)25-15-5-7-16(8-6-15)32(29,30)26-9-3-1-2-4-10-26/h5-8,11-13H,1-4,9-10H2,(H,25,28). The number of amides is 1. The van der Waals surface area contributed by atoms with Crippen LogP contribution in [0.5, 0.6) is 0 Å². The van der Waals surface area contributed by atoms with E-state index in [2.05, 4.69) is 5.32 Å². The van der Waals surface area contributed by atoms with Crippen molar-refractivity contribution in [3.8, 4) is 0 Å². The zero-order chi connectivity index (χ0) is 22.9. The maximum atomic E-state index is 12.9. The topological polar surface area (TPSA) is 96.7 Å². The van der Waals surface area contributed by atoms with Gasteiger partial charge in [-0.25, -0.2) is 8.42 Å². The molecule has 10 heteroatoms. The minimum Gasteiger partial charge on any atom is -0.449 e. The lowest BCUT2D eigenvalue weighted by Crippen LogP contribution is -2.31. The molecule has 0 radical (unpaired) electrons. The molecule has 1 aliphatic heterocycles. The molecule has 1 N–H and O–H groups in total. The van der Waals surface area contributed by atoms with Gasteiger partial charge in [0.05, 0.1) is 15.3 Å². The van der Waals surface area contributed by atoms with Crippen molar-refractivity contribution in [2.75, 3.05) is 18.4 Å². The van der Waals surface area contributed by atoms with Crippen molar-refractivity contribution in [1.82, 2.24) is 4.31 Å². The summed E-state index contributed by atoms with van der Waals surface area (Å²) >= 11 is 12.0. The molecule has 3 aromatic rings. The Morgan fingerprint density at radius 2 is 1.62 bits per heavy atom. The summed E-state index contributed by atoms with van der Waals surface area (Å²) in [6.45, 7) is 1.02. The first-order chi connectivity index (χ1) is 15.3. The summed E-state index contributed by atoms with van der Waals surface area (Å²) in [7, 11) is -3.59. The zero-order valence-corrected chi connectivity index (χ0v) is 19.3. The molecule has 0 aliphatic carbocycles. The molecule has 1 saturated heterocycles. The van der Waals surface area contributed by atoms with Crippen LogP contribution in [0.15, 0.2) is 56.6 Å². The molecule has 4 rings (SSSR count). The largest absolute Gasteiger partial charge is 0.449 e. The second-order valence-electron chi connectivity index (χ2n) is 7.54. The van der Waals surface area contributed by atoms with Gasteiger partial charge in [-0.05, 0) is 49.2 Å². The van der Waals surface area contributed by atoms with E-state index in [1.54, 1.807) is 0 Å². The van der Waals surface area contributed by atoms with Crippen molar-refractivity contribution >= 4 is 55.8 Å². The van der Waals surface area contributed by atoms with E-state index in [0.29, 0.717) is 18.8 Å². The number of halogens is 2. The number of anilines is 1. The second-order valence-corrected chi connectivity index (χ2v) is 10.3. The summed E-state index contributed by atoms with van der Waals surface area (Å²) in [4.78, 5) is 25.1. The van der Waals surface area contributed by atoms with Crippen molar-refractivity contribution in [3.63, 3.8) is 0 Å². The third kappa shape index (κ3) is 4.68. The van der Waals surface area contributed by atoms with E-state index < -0.39 is 21.4 Å². The first-order valence-corrected chi connectivity index (χ1v) is 12.3. The van der Waals surface area contributed by atoms with Crippen molar-refractivity contribution in [1.29, 1.82) is 0 Å². The van der Waals surface area contributed by atoms with Crippen LogP contribution < -0.4 is 10.7 Å². The average molecular weight is 495 g/mol. The monoisotopic (exact) mass is 494 g/mol. The van der Waals surface area contributed by atoms with E-state index in [-0.39, 0.29) is 31.7 Å². The SMILES string of the molecule is O=C(Nc1ccc(S(=O)(=O)N2CCCCCC2)cc1)c1cc(=O)c2cc(Cl)cc(Cl)c2o1. The molecule has 1 aromatic heterocycles. The fourth-order valence-corrected chi connectivity index (χ4v) is 5.68. The number of sulfonamides is 1. The second kappa shape index (κ2) is 9.23. The summed E-state index contributed by atoms with van der Waals surface area (Å²) in [5, 5.41) is 3.16. The highest BCUT2D eigenvalue weighted by molar-refractivity contribution is 7.89. The summed E-state index contributed by atoms with van der Waals surface area (Å²) in [5.41, 5.74) is -0.0398. The Balaban J connectivity index is 1.55. The molecule has 32 heavy (non-hydrogen) atoms.